The Balaban J connectivity index is 1.48. The molecule has 2 aliphatic heterocycles. The molecule has 4 rings (SSSR count). The molecule has 1 amide bonds. The summed E-state index contributed by atoms with van der Waals surface area (Å²) in [5.74, 6) is 0.163. The first-order valence-electron chi connectivity index (χ1n) is 8.95. The van der Waals surface area contributed by atoms with E-state index in [9.17, 15) is 4.79 Å². The number of benzene rings is 1. The number of aromatic nitrogens is 2. The van der Waals surface area contributed by atoms with Crippen LogP contribution in [0.4, 0.5) is 11.4 Å². The molecule has 0 radical (unpaired) electrons. The quantitative estimate of drug-likeness (QED) is 0.944. The van der Waals surface area contributed by atoms with Gasteiger partial charge in [0.1, 0.15) is 0 Å². The van der Waals surface area contributed by atoms with Crippen molar-refractivity contribution < 1.29 is 4.79 Å². The second-order valence-corrected chi connectivity index (χ2v) is 6.82. The van der Waals surface area contributed by atoms with E-state index in [2.05, 4.69) is 31.9 Å². The molecular formula is C19H24N4O. The molecule has 5 nitrogen and oxygen atoms in total. The van der Waals surface area contributed by atoms with Crippen molar-refractivity contribution in [3.63, 3.8) is 0 Å². The first kappa shape index (κ1) is 15.2. The summed E-state index contributed by atoms with van der Waals surface area (Å²) in [7, 11) is 0. The maximum absolute atomic E-state index is 12.8. The monoisotopic (exact) mass is 324 g/mol. The molecule has 0 saturated carbocycles. The third-order valence-corrected chi connectivity index (χ3v) is 5.20. The predicted octanol–water partition coefficient (Wildman–Crippen LogP) is 3.07. The fourth-order valence-electron chi connectivity index (χ4n) is 3.82. The molecule has 1 aromatic heterocycles. The molecule has 1 N–H and O–H groups in total. The lowest BCUT2D eigenvalue weighted by molar-refractivity contribution is -0.120. The van der Waals surface area contributed by atoms with Crippen molar-refractivity contribution in [1.82, 2.24) is 9.55 Å². The van der Waals surface area contributed by atoms with Gasteiger partial charge in [0.05, 0.1) is 17.7 Å². The standard InChI is InChI=1S/C19H24N4O/c24-19(15-8-11-23-14-20-13-16(23)12-15)21-17-6-2-3-7-18(17)22-9-4-1-5-10-22/h2-3,6-7,13-15H,1,4-5,8-12H2,(H,21,24). The second-order valence-electron chi connectivity index (χ2n) is 6.82. The zero-order valence-electron chi connectivity index (χ0n) is 13.9. The van der Waals surface area contributed by atoms with Crippen LogP contribution in [0.15, 0.2) is 36.8 Å². The van der Waals surface area contributed by atoms with Gasteiger partial charge >= 0.3 is 0 Å². The lowest BCUT2D eigenvalue weighted by Gasteiger charge is -2.31. The van der Waals surface area contributed by atoms with Crippen molar-refractivity contribution in [2.24, 2.45) is 5.92 Å². The summed E-state index contributed by atoms with van der Waals surface area (Å²) in [5.41, 5.74) is 3.26. The summed E-state index contributed by atoms with van der Waals surface area (Å²) in [5, 5.41) is 3.19. The van der Waals surface area contributed by atoms with Gasteiger partial charge in [0, 0.05) is 43.9 Å². The van der Waals surface area contributed by atoms with Gasteiger partial charge in [-0.1, -0.05) is 12.1 Å². The van der Waals surface area contributed by atoms with Crippen LogP contribution in [0, 0.1) is 5.92 Å². The van der Waals surface area contributed by atoms with Crippen molar-refractivity contribution >= 4 is 17.3 Å². The number of hydrogen-bond acceptors (Lipinski definition) is 3. The van der Waals surface area contributed by atoms with Gasteiger partial charge in [-0.05, 0) is 37.8 Å². The number of amides is 1. The lowest BCUT2D eigenvalue weighted by atomic mass is 9.95. The molecule has 5 heteroatoms. The van der Waals surface area contributed by atoms with E-state index in [-0.39, 0.29) is 11.8 Å². The van der Waals surface area contributed by atoms with Gasteiger partial charge < -0.3 is 14.8 Å². The van der Waals surface area contributed by atoms with E-state index in [0.29, 0.717) is 0 Å². The number of piperidine rings is 1. The Labute approximate surface area is 142 Å². The number of rotatable bonds is 3. The first-order valence-corrected chi connectivity index (χ1v) is 8.95. The summed E-state index contributed by atoms with van der Waals surface area (Å²) < 4.78 is 2.14. The van der Waals surface area contributed by atoms with Gasteiger partial charge in [-0.2, -0.15) is 0 Å². The largest absolute Gasteiger partial charge is 0.370 e. The van der Waals surface area contributed by atoms with Gasteiger partial charge in [0.2, 0.25) is 5.91 Å². The first-order chi connectivity index (χ1) is 11.8. The zero-order valence-corrected chi connectivity index (χ0v) is 13.9. The molecule has 1 unspecified atom stereocenters. The normalized spacial score (nSPS) is 20.5. The smallest absolute Gasteiger partial charge is 0.228 e. The highest BCUT2D eigenvalue weighted by Crippen LogP contribution is 2.29. The summed E-state index contributed by atoms with van der Waals surface area (Å²) in [6.45, 7) is 3.03. The summed E-state index contributed by atoms with van der Waals surface area (Å²) in [4.78, 5) is 19.4. The highest BCUT2D eigenvalue weighted by molar-refractivity contribution is 5.96. The Hall–Kier alpha value is -2.30. The predicted molar refractivity (Wildman–Crippen MR) is 95.2 cm³/mol. The Bertz CT molecular complexity index is 718. The van der Waals surface area contributed by atoms with Crippen LogP contribution in [0.2, 0.25) is 0 Å². The number of fused-ring (bicyclic) bond motifs is 1. The van der Waals surface area contributed by atoms with Gasteiger partial charge in [-0.3, -0.25) is 4.79 Å². The van der Waals surface area contributed by atoms with Crippen LogP contribution in [0.1, 0.15) is 31.4 Å². The molecular weight excluding hydrogens is 300 g/mol. The van der Waals surface area contributed by atoms with Crippen molar-refractivity contribution in [3.8, 4) is 0 Å². The van der Waals surface area contributed by atoms with Crippen molar-refractivity contribution in [2.75, 3.05) is 23.3 Å². The molecule has 0 spiro atoms. The van der Waals surface area contributed by atoms with E-state index in [1.165, 1.54) is 19.3 Å². The molecule has 1 aromatic carbocycles. The number of anilines is 2. The molecule has 1 atom stereocenters. The Kier molecular flexibility index (Phi) is 4.24. The SMILES string of the molecule is O=C(Nc1ccccc1N1CCCCC1)C1CCn2cncc2C1. The van der Waals surface area contributed by atoms with E-state index < -0.39 is 0 Å². The van der Waals surface area contributed by atoms with E-state index in [1.54, 1.807) is 0 Å². The Morgan fingerprint density at radius 3 is 2.83 bits per heavy atom. The third kappa shape index (κ3) is 3.03. The van der Waals surface area contributed by atoms with E-state index >= 15 is 0 Å². The lowest BCUT2D eigenvalue weighted by Crippen LogP contribution is -2.32. The maximum atomic E-state index is 12.8. The molecule has 1 saturated heterocycles. The topological polar surface area (TPSA) is 50.2 Å². The van der Waals surface area contributed by atoms with Gasteiger partial charge in [0.25, 0.3) is 0 Å². The van der Waals surface area contributed by atoms with Crippen LogP contribution >= 0.6 is 0 Å². The van der Waals surface area contributed by atoms with Crippen molar-refractivity contribution in [1.29, 1.82) is 0 Å². The van der Waals surface area contributed by atoms with E-state index in [1.807, 2.05) is 24.7 Å². The molecule has 2 aliphatic rings. The fourth-order valence-corrected chi connectivity index (χ4v) is 3.82. The molecule has 0 aliphatic carbocycles. The fraction of sp³-hybridized carbons (Fsp3) is 0.474. The second kappa shape index (κ2) is 6.67. The van der Waals surface area contributed by atoms with Gasteiger partial charge in [-0.15, -0.1) is 0 Å². The van der Waals surface area contributed by atoms with Crippen molar-refractivity contribution in [2.45, 2.75) is 38.6 Å². The minimum Gasteiger partial charge on any atom is -0.370 e. The van der Waals surface area contributed by atoms with Crippen LogP contribution in [-0.2, 0) is 17.8 Å². The molecule has 0 bridgehead atoms. The van der Waals surface area contributed by atoms with E-state index in [0.717, 1.165) is 49.5 Å². The number of carbonyl (C=O) groups is 1. The number of para-hydroxylation sites is 2. The number of carbonyl (C=O) groups excluding carboxylic acids is 1. The number of nitrogens with zero attached hydrogens (tertiary/aromatic N) is 3. The number of nitrogens with one attached hydrogen (secondary N) is 1. The highest BCUT2D eigenvalue weighted by atomic mass is 16.1. The minimum absolute atomic E-state index is 0.0311. The average molecular weight is 324 g/mol. The molecule has 24 heavy (non-hydrogen) atoms. The number of imidazole rings is 1. The summed E-state index contributed by atoms with van der Waals surface area (Å²) >= 11 is 0. The molecule has 126 valence electrons. The van der Waals surface area contributed by atoms with Gasteiger partial charge in [0.15, 0.2) is 0 Å². The summed E-state index contributed by atoms with van der Waals surface area (Å²) in [6.07, 6.45) is 9.15. The van der Waals surface area contributed by atoms with Crippen LogP contribution in [-0.4, -0.2) is 28.5 Å². The molecule has 3 heterocycles. The van der Waals surface area contributed by atoms with Crippen molar-refractivity contribution in [3.05, 3.63) is 42.5 Å². The van der Waals surface area contributed by atoms with Crippen LogP contribution in [0.25, 0.3) is 0 Å². The zero-order chi connectivity index (χ0) is 16.4. The Morgan fingerprint density at radius 2 is 1.96 bits per heavy atom. The number of aryl methyl sites for hydroxylation is 1. The van der Waals surface area contributed by atoms with Crippen LogP contribution in [0.3, 0.4) is 0 Å². The molecule has 1 fully saturated rings. The molecule has 2 aromatic rings. The number of hydrogen-bond donors (Lipinski definition) is 1. The van der Waals surface area contributed by atoms with Crippen LogP contribution < -0.4 is 10.2 Å². The Morgan fingerprint density at radius 1 is 1.12 bits per heavy atom. The van der Waals surface area contributed by atoms with E-state index in [4.69, 9.17) is 0 Å². The average Bonchev–Trinajstić information content (AvgIpc) is 3.10. The van der Waals surface area contributed by atoms with Gasteiger partial charge in [-0.25, -0.2) is 4.98 Å². The third-order valence-electron chi connectivity index (χ3n) is 5.20. The highest BCUT2D eigenvalue weighted by Gasteiger charge is 2.25. The minimum atomic E-state index is 0.0311. The summed E-state index contributed by atoms with van der Waals surface area (Å²) in [6, 6.07) is 8.20. The maximum Gasteiger partial charge on any atom is 0.228 e. The van der Waals surface area contributed by atoms with Crippen LogP contribution in [0.5, 0.6) is 0 Å².